The first-order valence-electron chi connectivity index (χ1n) is 7.30. The molecule has 20 heavy (non-hydrogen) atoms. The smallest absolute Gasteiger partial charge is 0.0392 e. The Morgan fingerprint density at radius 3 is 2.70 bits per heavy atom. The number of rotatable bonds is 5. The molecule has 2 N–H and O–H groups in total. The highest BCUT2D eigenvalue weighted by Gasteiger charge is 2.11. The first-order chi connectivity index (χ1) is 9.26. The van der Waals surface area contributed by atoms with Crippen molar-refractivity contribution in [3.05, 3.63) is 47.9 Å². The van der Waals surface area contributed by atoms with Crippen LogP contribution in [0.15, 0.2) is 52.8 Å². The lowest BCUT2D eigenvalue weighted by molar-refractivity contribution is 0.408. The molecule has 0 saturated heterocycles. The van der Waals surface area contributed by atoms with E-state index in [0.29, 0.717) is 0 Å². The summed E-state index contributed by atoms with van der Waals surface area (Å²) in [5, 5.41) is 0. The van der Waals surface area contributed by atoms with Gasteiger partial charge in [-0.05, 0) is 37.7 Å². The van der Waals surface area contributed by atoms with Crippen LogP contribution in [0.5, 0.6) is 0 Å². The molecule has 0 aromatic heterocycles. The maximum atomic E-state index is 6.05. The highest BCUT2D eigenvalue weighted by molar-refractivity contribution is 5.94. The van der Waals surface area contributed by atoms with Crippen LogP contribution in [-0.2, 0) is 0 Å². The van der Waals surface area contributed by atoms with Gasteiger partial charge in [0.1, 0.15) is 0 Å². The van der Waals surface area contributed by atoms with Crippen LogP contribution >= 0.6 is 0 Å². The van der Waals surface area contributed by atoms with Crippen molar-refractivity contribution in [2.45, 2.75) is 53.4 Å². The number of allylic oxidation sites excluding steroid dienone is 6. The molecule has 0 fully saturated rings. The summed E-state index contributed by atoms with van der Waals surface area (Å²) in [5.74, 6) is 0. The van der Waals surface area contributed by atoms with E-state index in [1.165, 1.54) is 5.57 Å². The Kier molecular flexibility index (Phi) is 6.00. The summed E-state index contributed by atoms with van der Waals surface area (Å²) in [6.45, 7) is 12.6. The Morgan fingerprint density at radius 2 is 2.15 bits per heavy atom. The lowest BCUT2D eigenvalue weighted by Crippen LogP contribution is -2.12. The van der Waals surface area contributed by atoms with Gasteiger partial charge in [0.15, 0.2) is 0 Å². The average molecular weight is 272 g/mol. The fraction of sp³-hybridized carbons (Fsp3) is 0.500. The third-order valence-electron chi connectivity index (χ3n) is 2.99. The zero-order valence-corrected chi connectivity index (χ0v) is 13.4. The minimum absolute atomic E-state index is 0.205. The molecule has 0 radical (unpaired) electrons. The number of hydrogen-bond donors (Lipinski definition) is 1. The van der Waals surface area contributed by atoms with Crippen molar-refractivity contribution < 1.29 is 0 Å². The number of nitrogens with two attached hydrogens (primary N) is 1. The molecule has 0 saturated carbocycles. The lowest BCUT2D eigenvalue weighted by atomic mass is 9.90. The fourth-order valence-corrected chi connectivity index (χ4v) is 2.31. The number of aliphatic imine (C=N–C) groups is 1. The molecular weight excluding hydrogens is 244 g/mol. The highest BCUT2D eigenvalue weighted by Crippen LogP contribution is 2.22. The zero-order chi connectivity index (χ0) is 15.2. The van der Waals surface area contributed by atoms with E-state index >= 15 is 0 Å². The molecule has 0 amide bonds. The van der Waals surface area contributed by atoms with Crippen LogP contribution in [0, 0.1) is 5.41 Å². The second-order valence-corrected chi connectivity index (χ2v) is 6.74. The van der Waals surface area contributed by atoms with Gasteiger partial charge in [0.2, 0.25) is 0 Å². The molecule has 0 bridgehead atoms. The van der Waals surface area contributed by atoms with E-state index in [-0.39, 0.29) is 5.41 Å². The van der Waals surface area contributed by atoms with Crippen LogP contribution in [0.1, 0.15) is 53.4 Å². The molecule has 0 heterocycles. The SMILES string of the molecule is C=C(CC1=CC=CCC1)N=C(C)C=C(N)CC(C)(C)C. The molecule has 0 unspecified atom stereocenters. The Bertz CT molecular complexity index is 468. The normalized spacial score (nSPS) is 17.1. The van der Waals surface area contributed by atoms with Crippen molar-refractivity contribution in [2.75, 3.05) is 0 Å². The molecule has 0 spiro atoms. The van der Waals surface area contributed by atoms with Crippen molar-refractivity contribution in [1.29, 1.82) is 0 Å². The summed E-state index contributed by atoms with van der Waals surface area (Å²) < 4.78 is 0. The Labute approximate surface area is 123 Å². The third kappa shape index (κ3) is 7.13. The highest BCUT2D eigenvalue weighted by atomic mass is 14.7. The van der Waals surface area contributed by atoms with Crippen LogP contribution in [0.3, 0.4) is 0 Å². The third-order valence-corrected chi connectivity index (χ3v) is 2.99. The summed E-state index contributed by atoms with van der Waals surface area (Å²) in [6.07, 6.45) is 12.4. The number of nitrogens with zero attached hydrogens (tertiary/aromatic N) is 1. The molecular formula is C18H28N2. The summed E-state index contributed by atoms with van der Waals surface area (Å²) >= 11 is 0. The monoisotopic (exact) mass is 272 g/mol. The van der Waals surface area contributed by atoms with Gasteiger partial charge in [-0.3, -0.25) is 4.99 Å². The molecule has 0 atom stereocenters. The summed E-state index contributed by atoms with van der Waals surface area (Å²) in [7, 11) is 0. The molecule has 1 aliphatic rings. The van der Waals surface area contributed by atoms with E-state index < -0.39 is 0 Å². The summed E-state index contributed by atoms with van der Waals surface area (Å²) in [5.41, 5.74) is 10.4. The fourth-order valence-electron chi connectivity index (χ4n) is 2.31. The van der Waals surface area contributed by atoms with Gasteiger partial charge in [0, 0.05) is 23.5 Å². The van der Waals surface area contributed by atoms with E-state index in [4.69, 9.17) is 5.73 Å². The van der Waals surface area contributed by atoms with Crippen molar-refractivity contribution in [1.82, 2.24) is 0 Å². The topological polar surface area (TPSA) is 38.4 Å². The second kappa shape index (κ2) is 7.28. The summed E-state index contributed by atoms with van der Waals surface area (Å²) in [6, 6.07) is 0. The van der Waals surface area contributed by atoms with Crippen LogP contribution in [0.25, 0.3) is 0 Å². The first kappa shape index (κ1) is 16.5. The van der Waals surface area contributed by atoms with Crippen LogP contribution in [-0.4, -0.2) is 5.71 Å². The Hall–Kier alpha value is -1.57. The minimum atomic E-state index is 0.205. The van der Waals surface area contributed by atoms with Gasteiger partial charge in [0.05, 0.1) is 0 Å². The molecule has 110 valence electrons. The number of hydrogen-bond acceptors (Lipinski definition) is 2. The van der Waals surface area contributed by atoms with Crippen LogP contribution < -0.4 is 5.73 Å². The Morgan fingerprint density at radius 1 is 1.45 bits per heavy atom. The van der Waals surface area contributed by atoms with E-state index in [9.17, 15) is 0 Å². The quantitative estimate of drug-likeness (QED) is 0.710. The van der Waals surface area contributed by atoms with E-state index in [2.05, 4.69) is 50.6 Å². The molecule has 0 aliphatic heterocycles. The average Bonchev–Trinajstić information content (AvgIpc) is 2.26. The van der Waals surface area contributed by atoms with E-state index in [1.54, 1.807) is 0 Å². The van der Waals surface area contributed by atoms with Crippen molar-refractivity contribution >= 4 is 5.71 Å². The largest absolute Gasteiger partial charge is 0.402 e. The summed E-state index contributed by atoms with van der Waals surface area (Å²) in [4.78, 5) is 4.54. The Balaban J connectivity index is 2.59. The van der Waals surface area contributed by atoms with Crippen molar-refractivity contribution in [2.24, 2.45) is 16.1 Å². The van der Waals surface area contributed by atoms with Gasteiger partial charge < -0.3 is 5.73 Å². The molecule has 0 aromatic carbocycles. The molecule has 2 heteroatoms. The van der Waals surface area contributed by atoms with Gasteiger partial charge in [-0.25, -0.2) is 0 Å². The van der Waals surface area contributed by atoms with E-state index in [1.807, 2.05) is 13.0 Å². The van der Waals surface area contributed by atoms with Crippen molar-refractivity contribution in [3.63, 3.8) is 0 Å². The predicted octanol–water partition coefficient (Wildman–Crippen LogP) is 4.91. The minimum Gasteiger partial charge on any atom is -0.402 e. The van der Waals surface area contributed by atoms with E-state index in [0.717, 1.165) is 42.8 Å². The molecule has 1 aliphatic carbocycles. The van der Waals surface area contributed by atoms with Crippen LogP contribution in [0.4, 0.5) is 0 Å². The van der Waals surface area contributed by atoms with Gasteiger partial charge in [-0.2, -0.15) is 0 Å². The molecule has 0 aromatic rings. The van der Waals surface area contributed by atoms with Crippen molar-refractivity contribution in [3.8, 4) is 0 Å². The predicted molar refractivity (Wildman–Crippen MR) is 89.7 cm³/mol. The van der Waals surface area contributed by atoms with Gasteiger partial charge in [0.25, 0.3) is 0 Å². The molecule has 2 nitrogen and oxygen atoms in total. The second-order valence-electron chi connectivity index (χ2n) is 6.74. The van der Waals surface area contributed by atoms with Crippen LogP contribution in [0.2, 0.25) is 0 Å². The van der Waals surface area contributed by atoms with Gasteiger partial charge >= 0.3 is 0 Å². The lowest BCUT2D eigenvalue weighted by Gasteiger charge is -2.18. The first-order valence-corrected chi connectivity index (χ1v) is 7.30. The maximum absolute atomic E-state index is 6.05. The van der Waals surface area contributed by atoms with Gasteiger partial charge in [-0.1, -0.05) is 51.2 Å². The molecule has 1 rings (SSSR count). The standard InChI is InChI=1S/C18H28N2/c1-14(11-16-9-7-6-8-10-16)20-15(2)12-17(19)13-18(3,4)5/h6-7,9,12H,1,8,10-11,13,19H2,2-5H3. The van der Waals surface area contributed by atoms with Gasteiger partial charge in [-0.15, -0.1) is 0 Å². The zero-order valence-electron chi connectivity index (χ0n) is 13.4. The maximum Gasteiger partial charge on any atom is 0.0392 e.